The minimum atomic E-state index is -3.74. The molecule has 1 aromatic carbocycles. The lowest BCUT2D eigenvalue weighted by atomic mass is 9.99. The Bertz CT molecular complexity index is 804. The number of hydrogen-bond acceptors (Lipinski definition) is 6. The number of ether oxygens (including phenoxy) is 1. The molecule has 0 bridgehead atoms. The third-order valence-electron chi connectivity index (χ3n) is 4.38. The maximum absolute atomic E-state index is 13.0. The molecule has 1 fully saturated rings. The SMILES string of the molecule is COc1ccc(S(=O)(=O)c2nc(C)oc2N2CCC(C)CC2)cc1. The summed E-state index contributed by atoms with van der Waals surface area (Å²) in [6, 6.07) is 6.31. The van der Waals surface area contributed by atoms with Crippen LogP contribution in [-0.4, -0.2) is 33.6 Å². The second-order valence-electron chi connectivity index (χ2n) is 6.19. The van der Waals surface area contributed by atoms with E-state index in [1.807, 2.05) is 4.90 Å². The van der Waals surface area contributed by atoms with E-state index in [4.69, 9.17) is 9.15 Å². The van der Waals surface area contributed by atoms with Gasteiger partial charge in [0.2, 0.25) is 20.7 Å². The molecule has 0 saturated carbocycles. The zero-order valence-electron chi connectivity index (χ0n) is 14.2. The van der Waals surface area contributed by atoms with Crippen LogP contribution in [0.4, 0.5) is 5.88 Å². The molecule has 0 unspecified atom stereocenters. The molecule has 7 heteroatoms. The summed E-state index contributed by atoms with van der Waals surface area (Å²) >= 11 is 0. The van der Waals surface area contributed by atoms with Gasteiger partial charge in [0.1, 0.15) is 5.75 Å². The van der Waals surface area contributed by atoms with E-state index in [1.165, 1.54) is 12.1 Å². The lowest BCUT2D eigenvalue weighted by Gasteiger charge is -2.30. The molecule has 1 aliphatic rings. The molecule has 0 aliphatic carbocycles. The van der Waals surface area contributed by atoms with E-state index in [0.29, 0.717) is 23.4 Å². The summed E-state index contributed by atoms with van der Waals surface area (Å²) in [5, 5.41) is -0.000259. The second kappa shape index (κ2) is 6.47. The van der Waals surface area contributed by atoms with Crippen LogP contribution in [0.15, 0.2) is 38.6 Å². The van der Waals surface area contributed by atoms with Gasteiger partial charge in [-0.05, 0) is 43.0 Å². The van der Waals surface area contributed by atoms with Crippen LogP contribution in [0, 0.1) is 12.8 Å². The molecule has 2 heterocycles. The molecule has 0 radical (unpaired) electrons. The van der Waals surface area contributed by atoms with E-state index in [2.05, 4.69) is 11.9 Å². The Balaban J connectivity index is 1.98. The molecule has 0 atom stereocenters. The van der Waals surface area contributed by atoms with Gasteiger partial charge in [-0.15, -0.1) is 0 Å². The van der Waals surface area contributed by atoms with E-state index in [-0.39, 0.29) is 9.92 Å². The van der Waals surface area contributed by atoms with Crippen molar-refractivity contribution in [2.75, 3.05) is 25.1 Å². The van der Waals surface area contributed by atoms with Gasteiger partial charge in [0, 0.05) is 20.0 Å². The van der Waals surface area contributed by atoms with Gasteiger partial charge in [0.05, 0.1) is 12.0 Å². The van der Waals surface area contributed by atoms with Crippen molar-refractivity contribution in [3.8, 4) is 5.75 Å². The monoisotopic (exact) mass is 350 g/mol. The van der Waals surface area contributed by atoms with Crippen molar-refractivity contribution in [1.82, 2.24) is 4.98 Å². The van der Waals surface area contributed by atoms with Crippen LogP contribution >= 0.6 is 0 Å². The van der Waals surface area contributed by atoms with Gasteiger partial charge < -0.3 is 14.1 Å². The third-order valence-corrected chi connectivity index (χ3v) is 6.05. The van der Waals surface area contributed by atoms with Crippen LogP contribution in [0.1, 0.15) is 25.7 Å². The van der Waals surface area contributed by atoms with E-state index < -0.39 is 9.84 Å². The third kappa shape index (κ3) is 3.13. The van der Waals surface area contributed by atoms with E-state index in [9.17, 15) is 8.42 Å². The van der Waals surface area contributed by atoms with Gasteiger partial charge in [-0.2, -0.15) is 4.98 Å². The summed E-state index contributed by atoms with van der Waals surface area (Å²) in [6.07, 6.45) is 2.03. The number of piperidine rings is 1. The van der Waals surface area contributed by atoms with Crippen molar-refractivity contribution in [2.24, 2.45) is 5.92 Å². The first-order valence-corrected chi connectivity index (χ1v) is 9.51. The van der Waals surface area contributed by atoms with Gasteiger partial charge in [-0.1, -0.05) is 6.92 Å². The first-order valence-electron chi connectivity index (χ1n) is 8.03. The van der Waals surface area contributed by atoms with Gasteiger partial charge >= 0.3 is 0 Å². The lowest BCUT2D eigenvalue weighted by molar-refractivity contribution is 0.410. The minimum absolute atomic E-state index is 0.000259. The first kappa shape index (κ1) is 16.8. The van der Waals surface area contributed by atoms with Crippen molar-refractivity contribution in [2.45, 2.75) is 36.6 Å². The summed E-state index contributed by atoms with van der Waals surface area (Å²) in [7, 11) is -2.20. The van der Waals surface area contributed by atoms with Gasteiger partial charge in [-0.25, -0.2) is 8.42 Å². The van der Waals surface area contributed by atoms with Gasteiger partial charge in [0.15, 0.2) is 5.89 Å². The number of anilines is 1. The predicted molar refractivity (Wildman–Crippen MR) is 90.3 cm³/mol. The fraction of sp³-hybridized carbons (Fsp3) is 0.471. The molecule has 1 saturated heterocycles. The Morgan fingerprint density at radius 3 is 2.42 bits per heavy atom. The number of nitrogens with zero attached hydrogens (tertiary/aromatic N) is 2. The van der Waals surface area contributed by atoms with E-state index in [0.717, 1.165) is 25.9 Å². The maximum atomic E-state index is 13.0. The summed E-state index contributed by atoms with van der Waals surface area (Å²) < 4.78 is 36.7. The molecule has 1 aliphatic heterocycles. The predicted octanol–water partition coefficient (Wildman–Crippen LogP) is 3.06. The number of aryl methyl sites for hydroxylation is 1. The summed E-state index contributed by atoms with van der Waals surface area (Å²) in [5.74, 6) is 1.97. The number of oxazole rings is 1. The van der Waals surface area contributed by atoms with E-state index >= 15 is 0 Å². The quantitative estimate of drug-likeness (QED) is 0.844. The van der Waals surface area contributed by atoms with Crippen molar-refractivity contribution in [1.29, 1.82) is 0 Å². The second-order valence-corrected chi connectivity index (χ2v) is 8.06. The Hall–Kier alpha value is -2.02. The zero-order valence-corrected chi connectivity index (χ0v) is 15.0. The number of aromatic nitrogens is 1. The average molecular weight is 350 g/mol. The average Bonchev–Trinajstić information content (AvgIpc) is 2.98. The lowest BCUT2D eigenvalue weighted by Crippen LogP contribution is -2.33. The van der Waals surface area contributed by atoms with Crippen molar-refractivity contribution < 1.29 is 17.6 Å². The minimum Gasteiger partial charge on any atom is -0.497 e. The van der Waals surface area contributed by atoms with Crippen LogP contribution in [-0.2, 0) is 9.84 Å². The molecular weight excluding hydrogens is 328 g/mol. The van der Waals surface area contributed by atoms with Gasteiger partial charge in [0.25, 0.3) is 0 Å². The molecule has 0 amide bonds. The summed E-state index contributed by atoms with van der Waals surface area (Å²) in [5.41, 5.74) is 0. The smallest absolute Gasteiger partial charge is 0.236 e. The molecule has 0 spiro atoms. The van der Waals surface area contributed by atoms with Crippen molar-refractivity contribution in [3.63, 3.8) is 0 Å². The number of hydrogen-bond donors (Lipinski definition) is 0. The van der Waals surface area contributed by atoms with Crippen LogP contribution in [0.2, 0.25) is 0 Å². The van der Waals surface area contributed by atoms with Crippen LogP contribution in [0.25, 0.3) is 0 Å². The Labute approximate surface area is 142 Å². The highest BCUT2D eigenvalue weighted by Crippen LogP contribution is 2.33. The summed E-state index contributed by atoms with van der Waals surface area (Å²) in [6.45, 7) is 5.43. The van der Waals surface area contributed by atoms with Crippen LogP contribution in [0.5, 0.6) is 5.75 Å². The fourth-order valence-corrected chi connectivity index (χ4v) is 4.22. The van der Waals surface area contributed by atoms with Crippen molar-refractivity contribution in [3.05, 3.63) is 30.2 Å². The number of benzene rings is 1. The van der Waals surface area contributed by atoms with E-state index in [1.54, 1.807) is 26.2 Å². The summed E-state index contributed by atoms with van der Waals surface area (Å²) in [4.78, 5) is 6.33. The molecule has 6 nitrogen and oxygen atoms in total. The fourth-order valence-electron chi connectivity index (χ4n) is 2.85. The largest absolute Gasteiger partial charge is 0.497 e. The highest BCUT2D eigenvalue weighted by Gasteiger charge is 2.31. The van der Waals surface area contributed by atoms with Crippen LogP contribution in [0.3, 0.4) is 0 Å². The topological polar surface area (TPSA) is 72.6 Å². The standard InChI is InChI=1S/C17H22N2O4S/c1-12-8-10-19(11-9-12)17-16(18-13(2)23-17)24(20,21)15-6-4-14(22-3)5-7-15/h4-7,12H,8-11H2,1-3H3. The highest BCUT2D eigenvalue weighted by atomic mass is 32.2. The number of methoxy groups -OCH3 is 1. The zero-order chi connectivity index (χ0) is 17.3. The molecule has 2 aromatic rings. The highest BCUT2D eigenvalue weighted by molar-refractivity contribution is 7.91. The van der Waals surface area contributed by atoms with Gasteiger partial charge in [-0.3, -0.25) is 0 Å². The molecule has 24 heavy (non-hydrogen) atoms. The number of sulfone groups is 1. The molecule has 3 rings (SSSR count). The first-order chi connectivity index (χ1) is 11.4. The Morgan fingerprint density at radius 2 is 1.83 bits per heavy atom. The molecule has 0 N–H and O–H groups in total. The molecular formula is C17H22N2O4S. The normalized spacial score (nSPS) is 16.4. The maximum Gasteiger partial charge on any atom is 0.236 e. The number of rotatable bonds is 4. The Kier molecular flexibility index (Phi) is 4.54. The molecule has 130 valence electrons. The Morgan fingerprint density at radius 1 is 1.21 bits per heavy atom. The van der Waals surface area contributed by atoms with Crippen molar-refractivity contribution >= 4 is 15.7 Å². The van der Waals surface area contributed by atoms with Crippen LogP contribution < -0.4 is 9.64 Å². The molecule has 1 aromatic heterocycles.